The second-order valence-electron chi connectivity index (χ2n) is 4.16. The maximum atomic E-state index is 13.3. The number of aryl methyl sites for hydroxylation is 2. The summed E-state index contributed by atoms with van der Waals surface area (Å²) in [7, 11) is -1.39. The molecule has 1 aromatic heterocycles. The highest BCUT2D eigenvalue weighted by Crippen LogP contribution is 2.14. The monoisotopic (exact) mass is 296 g/mol. The van der Waals surface area contributed by atoms with Crippen LogP contribution >= 0.6 is 0 Å². The van der Waals surface area contributed by atoms with Crippen LogP contribution in [0.25, 0.3) is 0 Å². The summed E-state index contributed by atoms with van der Waals surface area (Å²) >= 11 is 0. The molecule has 1 heterocycles. The van der Waals surface area contributed by atoms with Crippen LogP contribution in [0.1, 0.15) is 16.2 Å². The molecule has 0 bridgehead atoms. The number of hydrogen-bond donors (Lipinski definition) is 1. The summed E-state index contributed by atoms with van der Waals surface area (Å²) in [6, 6.07) is 3.49. The Labute approximate surface area is 117 Å². The largest absolute Gasteiger partial charge is 0.478 e. The highest BCUT2D eigenvalue weighted by Gasteiger charge is 2.13. The van der Waals surface area contributed by atoms with Crippen LogP contribution in [0.4, 0.5) is 4.39 Å². The van der Waals surface area contributed by atoms with Crippen molar-refractivity contribution in [1.29, 1.82) is 0 Å². The number of hydrogen-bond acceptors (Lipinski definition) is 3. The van der Waals surface area contributed by atoms with Gasteiger partial charge in [0.1, 0.15) is 11.6 Å². The van der Waals surface area contributed by atoms with Gasteiger partial charge in [-0.25, -0.2) is 14.2 Å². The van der Waals surface area contributed by atoms with Gasteiger partial charge in [-0.05, 0) is 25.1 Å². The molecule has 2 rings (SSSR count). The van der Waals surface area contributed by atoms with Crippen molar-refractivity contribution in [3.63, 3.8) is 0 Å². The number of imidazole rings is 1. The molecule has 0 radical (unpaired) electrons. The van der Waals surface area contributed by atoms with Gasteiger partial charge in [-0.2, -0.15) is 0 Å². The Morgan fingerprint density at radius 3 is 2.85 bits per heavy atom. The van der Waals surface area contributed by atoms with Crippen molar-refractivity contribution in [3.05, 3.63) is 47.8 Å². The molecule has 5 nitrogen and oxygen atoms in total. The molecule has 0 aliphatic carbocycles. The number of carboxylic acids is 1. The summed E-state index contributed by atoms with van der Waals surface area (Å²) in [6.45, 7) is 2.33. The lowest BCUT2D eigenvalue weighted by atomic mass is 10.2. The normalized spacial score (nSPS) is 12.3. The molecule has 0 aliphatic rings. The Morgan fingerprint density at radius 1 is 1.50 bits per heavy atom. The molecule has 0 aliphatic heterocycles. The third-order valence-corrected chi connectivity index (χ3v) is 4.21. The Kier molecular flexibility index (Phi) is 4.29. The number of aromatic carboxylic acids is 1. The lowest BCUT2D eigenvalue weighted by Gasteiger charge is -2.06. The molecule has 1 atom stereocenters. The van der Waals surface area contributed by atoms with Gasteiger partial charge in [0.15, 0.2) is 0 Å². The number of aromatic nitrogens is 2. The van der Waals surface area contributed by atoms with Crippen LogP contribution < -0.4 is 0 Å². The van der Waals surface area contributed by atoms with E-state index in [-0.39, 0.29) is 0 Å². The summed E-state index contributed by atoms with van der Waals surface area (Å²) in [4.78, 5) is 15.2. The Morgan fingerprint density at radius 2 is 2.25 bits per heavy atom. The van der Waals surface area contributed by atoms with E-state index in [1.807, 2.05) is 11.5 Å². The topological polar surface area (TPSA) is 72.2 Å². The second-order valence-corrected chi connectivity index (χ2v) is 5.73. The van der Waals surface area contributed by atoms with Crippen molar-refractivity contribution in [2.75, 3.05) is 5.75 Å². The van der Waals surface area contributed by atoms with E-state index in [0.717, 1.165) is 18.0 Å². The smallest absolute Gasteiger partial charge is 0.338 e. The lowest BCUT2D eigenvalue weighted by molar-refractivity contribution is 0.0691. The van der Waals surface area contributed by atoms with Crippen molar-refractivity contribution < 1.29 is 18.5 Å². The number of nitrogens with zero attached hydrogens (tertiary/aromatic N) is 2. The minimum absolute atomic E-state index is 0.307. The van der Waals surface area contributed by atoms with Crippen molar-refractivity contribution in [1.82, 2.24) is 9.55 Å². The summed E-state index contributed by atoms with van der Waals surface area (Å²) in [5, 5.41) is 8.84. The number of benzene rings is 1. The maximum Gasteiger partial charge on any atom is 0.338 e. The van der Waals surface area contributed by atoms with Gasteiger partial charge in [0.2, 0.25) is 0 Å². The van der Waals surface area contributed by atoms with E-state index in [0.29, 0.717) is 17.2 Å². The maximum absolute atomic E-state index is 13.3. The van der Waals surface area contributed by atoms with E-state index in [2.05, 4.69) is 4.98 Å². The SMILES string of the molecule is Cc1nccn1CCS(=O)c1ccc(F)c(C(=O)O)c1. The second kappa shape index (κ2) is 5.96. The van der Waals surface area contributed by atoms with E-state index in [4.69, 9.17) is 5.11 Å². The van der Waals surface area contributed by atoms with Gasteiger partial charge in [0, 0.05) is 29.6 Å². The minimum Gasteiger partial charge on any atom is -0.478 e. The average molecular weight is 296 g/mol. The summed E-state index contributed by atoms with van der Waals surface area (Å²) < 4.78 is 27.2. The van der Waals surface area contributed by atoms with Crippen LogP contribution in [0.2, 0.25) is 0 Å². The van der Waals surface area contributed by atoms with E-state index in [1.165, 1.54) is 6.07 Å². The molecule has 0 amide bonds. The lowest BCUT2D eigenvalue weighted by Crippen LogP contribution is -2.10. The van der Waals surface area contributed by atoms with Crippen LogP contribution in [0, 0.1) is 12.7 Å². The van der Waals surface area contributed by atoms with E-state index >= 15 is 0 Å². The molecular weight excluding hydrogens is 283 g/mol. The molecule has 1 unspecified atom stereocenters. The van der Waals surface area contributed by atoms with Crippen LogP contribution in [0.5, 0.6) is 0 Å². The number of rotatable bonds is 5. The van der Waals surface area contributed by atoms with E-state index in [1.54, 1.807) is 12.4 Å². The van der Waals surface area contributed by atoms with Gasteiger partial charge in [0.05, 0.1) is 16.4 Å². The van der Waals surface area contributed by atoms with Crippen molar-refractivity contribution in [3.8, 4) is 0 Å². The molecule has 1 N–H and O–H groups in total. The van der Waals surface area contributed by atoms with Crippen molar-refractivity contribution in [2.24, 2.45) is 0 Å². The molecule has 7 heteroatoms. The molecule has 0 spiro atoms. The quantitative estimate of drug-likeness (QED) is 0.913. The fourth-order valence-electron chi connectivity index (χ4n) is 1.75. The standard InChI is InChI=1S/C13H13FN2O3S/c1-9-15-4-5-16(9)6-7-20(19)10-2-3-12(14)11(8-10)13(17)18/h2-5,8H,6-7H2,1H3,(H,17,18). The molecule has 0 saturated heterocycles. The number of halogens is 1. The highest BCUT2D eigenvalue weighted by molar-refractivity contribution is 7.85. The van der Waals surface area contributed by atoms with E-state index < -0.39 is 28.1 Å². The predicted octanol–water partition coefficient (Wildman–Crippen LogP) is 1.84. The zero-order valence-corrected chi connectivity index (χ0v) is 11.6. The van der Waals surface area contributed by atoms with Crippen LogP contribution in [0.3, 0.4) is 0 Å². The molecule has 0 fully saturated rings. The first-order valence-electron chi connectivity index (χ1n) is 5.88. The minimum atomic E-state index is -1.39. The Bertz CT molecular complexity index is 669. The fraction of sp³-hybridized carbons (Fsp3) is 0.231. The third-order valence-electron chi connectivity index (χ3n) is 2.87. The Balaban J connectivity index is 2.12. The first-order valence-corrected chi connectivity index (χ1v) is 7.20. The first-order chi connectivity index (χ1) is 9.49. The van der Waals surface area contributed by atoms with Crippen LogP contribution in [-0.2, 0) is 17.3 Å². The third kappa shape index (κ3) is 3.11. The van der Waals surface area contributed by atoms with Gasteiger partial charge in [-0.3, -0.25) is 4.21 Å². The molecule has 1 aromatic carbocycles. The number of carboxylic acid groups (broad SMARTS) is 1. The fourth-order valence-corrected chi connectivity index (χ4v) is 2.82. The average Bonchev–Trinajstić information content (AvgIpc) is 2.81. The van der Waals surface area contributed by atoms with Crippen molar-refractivity contribution in [2.45, 2.75) is 18.4 Å². The summed E-state index contributed by atoms with van der Waals surface area (Å²) in [5.74, 6) is -1.08. The summed E-state index contributed by atoms with van der Waals surface area (Å²) in [5.41, 5.74) is -0.463. The molecule has 2 aromatic rings. The first kappa shape index (κ1) is 14.4. The van der Waals surface area contributed by atoms with Gasteiger partial charge < -0.3 is 9.67 Å². The van der Waals surface area contributed by atoms with Gasteiger partial charge in [-0.1, -0.05) is 0 Å². The zero-order valence-electron chi connectivity index (χ0n) is 10.7. The van der Waals surface area contributed by atoms with E-state index in [9.17, 15) is 13.4 Å². The van der Waals surface area contributed by atoms with Crippen LogP contribution in [-0.4, -0.2) is 30.6 Å². The Hall–Kier alpha value is -2.02. The molecule has 20 heavy (non-hydrogen) atoms. The zero-order chi connectivity index (χ0) is 14.7. The van der Waals surface area contributed by atoms with Crippen LogP contribution in [0.15, 0.2) is 35.5 Å². The van der Waals surface area contributed by atoms with Gasteiger partial charge in [0.25, 0.3) is 0 Å². The number of carbonyl (C=O) groups is 1. The van der Waals surface area contributed by atoms with Crippen molar-refractivity contribution >= 4 is 16.8 Å². The van der Waals surface area contributed by atoms with Gasteiger partial charge >= 0.3 is 5.97 Å². The molecular formula is C13H13FN2O3S. The van der Waals surface area contributed by atoms with Gasteiger partial charge in [-0.15, -0.1) is 0 Å². The predicted molar refractivity (Wildman–Crippen MR) is 71.6 cm³/mol. The summed E-state index contributed by atoms with van der Waals surface area (Å²) in [6.07, 6.45) is 3.43. The molecule has 106 valence electrons. The molecule has 0 saturated carbocycles. The highest BCUT2D eigenvalue weighted by atomic mass is 32.2.